The van der Waals surface area contributed by atoms with Crippen LogP contribution in [0.25, 0.3) is 0 Å². The molecule has 13 heavy (non-hydrogen) atoms. The number of carboxylic acid groups (broad SMARTS) is 1. The molecule has 0 saturated carbocycles. The van der Waals surface area contributed by atoms with Gasteiger partial charge in [-0.3, -0.25) is 4.79 Å². The summed E-state index contributed by atoms with van der Waals surface area (Å²) in [6, 6.07) is 0. The van der Waals surface area contributed by atoms with Gasteiger partial charge in [0, 0.05) is 6.42 Å². The second-order valence-corrected chi connectivity index (χ2v) is 4.62. The molecule has 1 aliphatic rings. The summed E-state index contributed by atoms with van der Waals surface area (Å²) in [7, 11) is 0. The third-order valence-electron chi connectivity index (χ3n) is 2.41. The van der Waals surface area contributed by atoms with Crippen LogP contribution in [0.15, 0.2) is 0 Å². The molecule has 1 rings (SSSR count). The van der Waals surface area contributed by atoms with Gasteiger partial charge in [-0.05, 0) is 36.7 Å². The van der Waals surface area contributed by atoms with Gasteiger partial charge in [-0.1, -0.05) is 0 Å². The minimum Gasteiger partial charge on any atom is -0.481 e. The van der Waals surface area contributed by atoms with Crippen LogP contribution in [0.5, 0.6) is 0 Å². The van der Waals surface area contributed by atoms with Gasteiger partial charge in [0.25, 0.3) is 0 Å². The van der Waals surface area contributed by atoms with Crippen molar-refractivity contribution in [2.24, 2.45) is 5.92 Å². The molecule has 76 valence electrons. The molecule has 1 aliphatic heterocycles. The number of carbonyl (C=O) groups is 1. The first-order valence-corrected chi connectivity index (χ1v) is 5.79. The van der Waals surface area contributed by atoms with Crippen LogP contribution in [0.3, 0.4) is 0 Å². The molecule has 0 aromatic carbocycles. The second kappa shape index (κ2) is 5.47. The summed E-state index contributed by atoms with van der Waals surface area (Å²) in [6.45, 7) is 0. The van der Waals surface area contributed by atoms with E-state index in [-0.39, 0.29) is 12.3 Å². The molecule has 0 aromatic rings. The maximum absolute atomic E-state index is 13.4. The van der Waals surface area contributed by atoms with E-state index in [2.05, 4.69) is 0 Å². The van der Waals surface area contributed by atoms with E-state index < -0.39 is 12.1 Å². The van der Waals surface area contributed by atoms with Crippen molar-refractivity contribution in [1.29, 1.82) is 0 Å². The number of alkyl halides is 1. The van der Waals surface area contributed by atoms with E-state index in [0.29, 0.717) is 12.8 Å². The normalized spacial score (nSPS) is 29.6. The summed E-state index contributed by atoms with van der Waals surface area (Å²) >= 11 is 1.77. The Hall–Kier alpha value is -0.250. The highest BCUT2D eigenvalue weighted by Crippen LogP contribution is 2.28. The Morgan fingerprint density at radius 2 is 2.15 bits per heavy atom. The van der Waals surface area contributed by atoms with Crippen molar-refractivity contribution in [3.05, 3.63) is 0 Å². The molecule has 1 N–H and O–H groups in total. The molecule has 2 nitrogen and oxygen atoms in total. The van der Waals surface area contributed by atoms with Gasteiger partial charge in [0.1, 0.15) is 6.17 Å². The molecule has 1 fully saturated rings. The molecule has 0 unspecified atom stereocenters. The number of thioether (sulfide) groups is 1. The Kier molecular flexibility index (Phi) is 4.56. The van der Waals surface area contributed by atoms with Crippen molar-refractivity contribution < 1.29 is 14.3 Å². The van der Waals surface area contributed by atoms with Crippen molar-refractivity contribution in [2.45, 2.75) is 31.9 Å². The Bertz CT molecular complexity index is 175. The predicted octanol–water partition coefficient (Wildman–Crippen LogP) is 2.33. The van der Waals surface area contributed by atoms with Gasteiger partial charge in [0.05, 0.1) is 0 Å². The Morgan fingerprint density at radius 1 is 1.46 bits per heavy atom. The molecule has 4 heteroatoms. The molecule has 0 spiro atoms. The van der Waals surface area contributed by atoms with E-state index in [1.165, 1.54) is 0 Å². The summed E-state index contributed by atoms with van der Waals surface area (Å²) in [4.78, 5) is 10.3. The Morgan fingerprint density at radius 3 is 2.85 bits per heavy atom. The summed E-state index contributed by atoms with van der Waals surface area (Å²) in [5.41, 5.74) is 0. The molecule has 2 atom stereocenters. The molecular weight excluding hydrogens is 191 g/mol. The lowest BCUT2D eigenvalue weighted by molar-refractivity contribution is -0.137. The molecule has 1 saturated heterocycles. The first kappa shape index (κ1) is 10.8. The van der Waals surface area contributed by atoms with Crippen LogP contribution in [-0.4, -0.2) is 28.8 Å². The standard InChI is InChI=1S/C9H15FO2S/c10-8-4-6-13-5-3-7(8)1-2-9(11)12/h7-8H,1-6H2,(H,11,12)/t7-,8+/m0/s1. The number of carboxylic acids is 1. The van der Waals surface area contributed by atoms with Crippen molar-refractivity contribution in [3.8, 4) is 0 Å². The van der Waals surface area contributed by atoms with Crippen LogP contribution < -0.4 is 0 Å². The van der Waals surface area contributed by atoms with Gasteiger partial charge in [0.2, 0.25) is 0 Å². The van der Waals surface area contributed by atoms with E-state index in [0.717, 1.165) is 17.9 Å². The van der Waals surface area contributed by atoms with Crippen LogP contribution in [0.2, 0.25) is 0 Å². The van der Waals surface area contributed by atoms with Crippen LogP contribution in [-0.2, 0) is 4.79 Å². The first-order chi connectivity index (χ1) is 6.20. The lowest BCUT2D eigenvalue weighted by Gasteiger charge is -2.16. The quantitative estimate of drug-likeness (QED) is 0.770. The van der Waals surface area contributed by atoms with Crippen LogP contribution in [0, 0.1) is 5.92 Å². The fourth-order valence-corrected chi connectivity index (χ4v) is 2.65. The first-order valence-electron chi connectivity index (χ1n) is 4.63. The third-order valence-corrected chi connectivity index (χ3v) is 3.46. The lowest BCUT2D eigenvalue weighted by Crippen LogP contribution is -2.16. The van der Waals surface area contributed by atoms with Gasteiger partial charge >= 0.3 is 5.97 Å². The Labute approximate surface area is 81.9 Å². The monoisotopic (exact) mass is 206 g/mol. The minimum atomic E-state index is -0.816. The highest BCUT2D eigenvalue weighted by molar-refractivity contribution is 7.99. The van der Waals surface area contributed by atoms with E-state index >= 15 is 0 Å². The molecule has 0 bridgehead atoms. The summed E-state index contributed by atoms with van der Waals surface area (Å²) in [5.74, 6) is 1.02. The number of hydrogen-bond acceptors (Lipinski definition) is 2. The third kappa shape index (κ3) is 3.98. The molecule has 1 heterocycles. The van der Waals surface area contributed by atoms with Crippen LogP contribution in [0.4, 0.5) is 4.39 Å². The van der Waals surface area contributed by atoms with Gasteiger partial charge in [-0.15, -0.1) is 0 Å². The van der Waals surface area contributed by atoms with Crippen molar-refractivity contribution >= 4 is 17.7 Å². The molecule has 0 radical (unpaired) electrons. The van der Waals surface area contributed by atoms with E-state index in [9.17, 15) is 9.18 Å². The van der Waals surface area contributed by atoms with E-state index in [1.807, 2.05) is 0 Å². The van der Waals surface area contributed by atoms with Crippen molar-refractivity contribution in [1.82, 2.24) is 0 Å². The second-order valence-electron chi connectivity index (χ2n) is 3.40. The highest BCUT2D eigenvalue weighted by Gasteiger charge is 2.23. The van der Waals surface area contributed by atoms with E-state index in [1.54, 1.807) is 11.8 Å². The number of aliphatic carboxylic acids is 1. The Balaban J connectivity index is 2.31. The molecular formula is C9H15FO2S. The van der Waals surface area contributed by atoms with Crippen LogP contribution in [0.1, 0.15) is 25.7 Å². The van der Waals surface area contributed by atoms with Crippen molar-refractivity contribution in [2.75, 3.05) is 11.5 Å². The lowest BCUT2D eigenvalue weighted by atomic mass is 9.94. The maximum atomic E-state index is 13.4. The predicted molar refractivity (Wildman–Crippen MR) is 51.8 cm³/mol. The zero-order chi connectivity index (χ0) is 9.68. The fourth-order valence-electron chi connectivity index (χ4n) is 1.58. The molecule has 0 aromatic heterocycles. The smallest absolute Gasteiger partial charge is 0.303 e. The van der Waals surface area contributed by atoms with Gasteiger partial charge in [0.15, 0.2) is 0 Å². The van der Waals surface area contributed by atoms with Gasteiger partial charge in [-0.25, -0.2) is 4.39 Å². The maximum Gasteiger partial charge on any atom is 0.303 e. The topological polar surface area (TPSA) is 37.3 Å². The average molecular weight is 206 g/mol. The number of halogens is 1. The van der Waals surface area contributed by atoms with Crippen molar-refractivity contribution in [3.63, 3.8) is 0 Å². The SMILES string of the molecule is O=C(O)CC[C@H]1CCSCC[C@H]1F. The minimum absolute atomic E-state index is 0.0221. The number of hydrogen-bond donors (Lipinski definition) is 1. The van der Waals surface area contributed by atoms with Gasteiger partial charge in [-0.2, -0.15) is 11.8 Å². The molecule has 0 aliphatic carbocycles. The molecule has 0 amide bonds. The summed E-state index contributed by atoms with van der Waals surface area (Å²) < 4.78 is 13.4. The number of rotatable bonds is 3. The highest BCUT2D eigenvalue weighted by atomic mass is 32.2. The summed E-state index contributed by atoms with van der Waals surface area (Å²) in [6.07, 6.45) is 1.25. The van der Waals surface area contributed by atoms with Gasteiger partial charge < -0.3 is 5.11 Å². The zero-order valence-electron chi connectivity index (χ0n) is 7.54. The largest absolute Gasteiger partial charge is 0.481 e. The van der Waals surface area contributed by atoms with Crippen LogP contribution >= 0.6 is 11.8 Å². The summed E-state index contributed by atoms with van der Waals surface area (Å²) in [5, 5.41) is 8.47. The fraction of sp³-hybridized carbons (Fsp3) is 0.889. The average Bonchev–Trinajstić information content (AvgIpc) is 2.27. The van der Waals surface area contributed by atoms with E-state index in [4.69, 9.17) is 5.11 Å². The zero-order valence-corrected chi connectivity index (χ0v) is 8.36.